The number of ether oxygens (including phenoxy) is 1. The first kappa shape index (κ1) is 11.7. The molecule has 1 aromatic carbocycles. The fourth-order valence-electron chi connectivity index (χ4n) is 1.49. The van der Waals surface area contributed by atoms with Crippen molar-refractivity contribution in [1.29, 1.82) is 0 Å². The second-order valence-corrected chi connectivity index (χ2v) is 5.22. The number of hydrogen-bond donors (Lipinski definition) is 0. The fourth-order valence-corrected chi connectivity index (χ4v) is 2.55. The molecule has 3 rings (SSSR count). The molecule has 18 heavy (non-hydrogen) atoms. The van der Waals surface area contributed by atoms with E-state index in [0.29, 0.717) is 21.7 Å². The number of nitrogens with zero attached hydrogens (tertiary/aromatic N) is 2. The van der Waals surface area contributed by atoms with Crippen molar-refractivity contribution in [3.63, 3.8) is 0 Å². The summed E-state index contributed by atoms with van der Waals surface area (Å²) < 4.78 is 6.61. The minimum Gasteiger partial charge on any atom is -0.437 e. The van der Waals surface area contributed by atoms with Gasteiger partial charge in [-0.15, -0.1) is 11.3 Å². The topological polar surface area (TPSA) is 35.0 Å². The predicted octanol–water partition coefficient (Wildman–Crippen LogP) is 4.79. The Morgan fingerprint density at radius 1 is 1.06 bits per heavy atom. The highest BCUT2D eigenvalue weighted by atomic mass is 35.5. The van der Waals surface area contributed by atoms with Gasteiger partial charge in [-0.05, 0) is 23.6 Å². The molecule has 0 amide bonds. The summed E-state index contributed by atoms with van der Waals surface area (Å²) in [5, 5.41) is 2.89. The first-order valence-electron chi connectivity index (χ1n) is 5.05. The lowest BCUT2D eigenvalue weighted by molar-refractivity contribution is 0.469. The van der Waals surface area contributed by atoms with Crippen molar-refractivity contribution in [2.24, 2.45) is 0 Å². The third kappa shape index (κ3) is 2.14. The Bertz CT molecular complexity index is 714. The SMILES string of the molecule is Clc1ccc(Oc2ncnc3ccsc23)cc1Cl. The molecular formula is C12H6Cl2N2OS. The Balaban J connectivity index is 2.01. The van der Waals surface area contributed by atoms with Gasteiger partial charge in [0.25, 0.3) is 0 Å². The van der Waals surface area contributed by atoms with Crippen LogP contribution < -0.4 is 4.74 Å². The lowest BCUT2D eigenvalue weighted by Crippen LogP contribution is -1.89. The lowest BCUT2D eigenvalue weighted by Gasteiger charge is -2.06. The number of thiophene rings is 1. The van der Waals surface area contributed by atoms with E-state index < -0.39 is 0 Å². The normalized spacial score (nSPS) is 10.8. The molecule has 0 N–H and O–H groups in total. The first-order chi connectivity index (χ1) is 8.74. The van der Waals surface area contributed by atoms with Crippen molar-refractivity contribution in [2.45, 2.75) is 0 Å². The summed E-state index contributed by atoms with van der Waals surface area (Å²) in [5.41, 5.74) is 0.866. The van der Waals surface area contributed by atoms with E-state index in [2.05, 4.69) is 9.97 Å². The van der Waals surface area contributed by atoms with Crippen molar-refractivity contribution in [3.8, 4) is 11.6 Å². The van der Waals surface area contributed by atoms with Gasteiger partial charge in [0.1, 0.15) is 16.8 Å². The number of fused-ring (bicyclic) bond motifs is 1. The smallest absolute Gasteiger partial charge is 0.240 e. The summed E-state index contributed by atoms with van der Waals surface area (Å²) in [6.45, 7) is 0. The third-order valence-corrected chi connectivity index (χ3v) is 3.95. The Hall–Kier alpha value is -1.36. The van der Waals surface area contributed by atoms with E-state index >= 15 is 0 Å². The zero-order chi connectivity index (χ0) is 12.5. The summed E-state index contributed by atoms with van der Waals surface area (Å²) >= 11 is 13.3. The summed E-state index contributed by atoms with van der Waals surface area (Å²) in [6.07, 6.45) is 1.47. The Kier molecular flexibility index (Phi) is 3.07. The van der Waals surface area contributed by atoms with Gasteiger partial charge in [-0.1, -0.05) is 23.2 Å². The number of halogens is 2. The maximum absolute atomic E-state index is 5.94. The molecule has 6 heteroatoms. The predicted molar refractivity (Wildman–Crippen MR) is 74.0 cm³/mol. The van der Waals surface area contributed by atoms with E-state index in [4.69, 9.17) is 27.9 Å². The zero-order valence-electron chi connectivity index (χ0n) is 8.93. The fraction of sp³-hybridized carbons (Fsp3) is 0. The second-order valence-electron chi connectivity index (χ2n) is 3.49. The van der Waals surface area contributed by atoms with E-state index in [0.717, 1.165) is 10.2 Å². The highest BCUT2D eigenvalue weighted by molar-refractivity contribution is 7.17. The van der Waals surface area contributed by atoms with Crippen LogP contribution in [0, 0.1) is 0 Å². The number of benzene rings is 1. The molecule has 0 aliphatic carbocycles. The molecule has 0 unspecified atom stereocenters. The van der Waals surface area contributed by atoms with Crippen LogP contribution in [0.25, 0.3) is 10.2 Å². The Labute approximate surface area is 117 Å². The molecule has 0 aliphatic rings. The summed E-state index contributed by atoms with van der Waals surface area (Å²) in [6, 6.07) is 7.01. The van der Waals surface area contributed by atoms with Gasteiger partial charge >= 0.3 is 0 Å². The largest absolute Gasteiger partial charge is 0.437 e. The molecule has 0 aliphatic heterocycles. The molecular weight excluding hydrogens is 291 g/mol. The average Bonchev–Trinajstić information content (AvgIpc) is 2.83. The van der Waals surface area contributed by atoms with Crippen molar-refractivity contribution in [2.75, 3.05) is 0 Å². The van der Waals surface area contributed by atoms with Crippen LogP contribution in [0.4, 0.5) is 0 Å². The molecule has 0 spiro atoms. The molecule has 0 fully saturated rings. The summed E-state index contributed by atoms with van der Waals surface area (Å²) in [5.74, 6) is 1.12. The molecule has 3 aromatic rings. The van der Waals surface area contributed by atoms with Gasteiger partial charge in [-0.25, -0.2) is 9.97 Å². The van der Waals surface area contributed by atoms with Crippen molar-refractivity contribution >= 4 is 44.8 Å². The van der Waals surface area contributed by atoms with Crippen LogP contribution in [-0.4, -0.2) is 9.97 Å². The first-order valence-corrected chi connectivity index (χ1v) is 6.69. The maximum Gasteiger partial charge on any atom is 0.240 e. The quantitative estimate of drug-likeness (QED) is 0.682. The van der Waals surface area contributed by atoms with Gasteiger partial charge in [0.15, 0.2) is 0 Å². The van der Waals surface area contributed by atoms with Crippen LogP contribution in [0.15, 0.2) is 36.0 Å². The monoisotopic (exact) mass is 296 g/mol. The van der Waals surface area contributed by atoms with Gasteiger partial charge in [-0.2, -0.15) is 0 Å². The Morgan fingerprint density at radius 2 is 1.94 bits per heavy atom. The van der Waals surface area contributed by atoms with Crippen molar-refractivity contribution in [3.05, 3.63) is 46.0 Å². The molecule has 3 nitrogen and oxygen atoms in total. The van der Waals surface area contributed by atoms with Crippen LogP contribution in [0.3, 0.4) is 0 Å². The number of hydrogen-bond acceptors (Lipinski definition) is 4. The molecule has 0 bridgehead atoms. The van der Waals surface area contributed by atoms with E-state index in [1.165, 1.54) is 17.7 Å². The van der Waals surface area contributed by atoms with E-state index in [1.54, 1.807) is 18.2 Å². The van der Waals surface area contributed by atoms with Gasteiger partial charge in [0.2, 0.25) is 5.88 Å². The molecule has 0 saturated heterocycles. The minimum absolute atomic E-state index is 0.450. The maximum atomic E-state index is 5.94. The number of rotatable bonds is 2. The van der Waals surface area contributed by atoms with Gasteiger partial charge < -0.3 is 4.74 Å². The molecule has 90 valence electrons. The number of aromatic nitrogens is 2. The average molecular weight is 297 g/mol. The minimum atomic E-state index is 0.450. The van der Waals surface area contributed by atoms with Crippen LogP contribution in [0.5, 0.6) is 11.6 Å². The third-order valence-electron chi connectivity index (χ3n) is 2.32. The second kappa shape index (κ2) is 4.72. The summed E-state index contributed by atoms with van der Waals surface area (Å²) in [7, 11) is 0. The Morgan fingerprint density at radius 3 is 2.78 bits per heavy atom. The van der Waals surface area contributed by atoms with Crippen LogP contribution >= 0.6 is 34.5 Å². The van der Waals surface area contributed by atoms with E-state index in [1.807, 2.05) is 11.4 Å². The molecule has 0 atom stereocenters. The molecule has 0 radical (unpaired) electrons. The van der Waals surface area contributed by atoms with Crippen molar-refractivity contribution < 1.29 is 4.74 Å². The molecule has 2 heterocycles. The highest BCUT2D eigenvalue weighted by Crippen LogP contribution is 2.33. The van der Waals surface area contributed by atoms with Crippen molar-refractivity contribution in [1.82, 2.24) is 9.97 Å². The van der Waals surface area contributed by atoms with Gasteiger partial charge in [-0.3, -0.25) is 0 Å². The molecule has 0 saturated carbocycles. The van der Waals surface area contributed by atoms with Crippen LogP contribution in [0.2, 0.25) is 10.0 Å². The van der Waals surface area contributed by atoms with E-state index in [-0.39, 0.29) is 0 Å². The summed E-state index contributed by atoms with van der Waals surface area (Å²) in [4.78, 5) is 8.27. The highest BCUT2D eigenvalue weighted by Gasteiger charge is 2.08. The zero-order valence-corrected chi connectivity index (χ0v) is 11.3. The van der Waals surface area contributed by atoms with Crippen LogP contribution in [0.1, 0.15) is 0 Å². The lowest BCUT2D eigenvalue weighted by atomic mass is 10.3. The standard InChI is InChI=1S/C12H6Cl2N2OS/c13-8-2-1-7(5-9(8)14)17-12-11-10(3-4-18-11)15-6-16-12/h1-6H. The van der Waals surface area contributed by atoms with Gasteiger partial charge in [0, 0.05) is 6.07 Å². The van der Waals surface area contributed by atoms with Gasteiger partial charge in [0.05, 0.1) is 15.6 Å². The van der Waals surface area contributed by atoms with Crippen LogP contribution in [-0.2, 0) is 0 Å². The molecule has 2 aromatic heterocycles. The van der Waals surface area contributed by atoms with E-state index in [9.17, 15) is 0 Å².